The van der Waals surface area contributed by atoms with Crippen LogP contribution in [0.25, 0.3) is 0 Å². The third-order valence-corrected chi connectivity index (χ3v) is 2.98. The number of hydrogen-bond acceptors (Lipinski definition) is 2. The molecule has 0 unspecified atom stereocenters. The average molecular weight is 150 g/mol. The highest BCUT2D eigenvalue weighted by Gasteiger charge is 2.35. The molecule has 1 heterocycles. The maximum atomic E-state index is 8.78. The lowest BCUT2D eigenvalue weighted by Gasteiger charge is -2.34. The Hall–Kier alpha value is -0.485. The Kier molecular flexibility index (Phi) is 2.56. The molecule has 1 aliphatic heterocycles. The SMILES string of the molecule is CB(C#N)C1(C)CCNCC1. The van der Waals surface area contributed by atoms with Gasteiger partial charge >= 0.3 is 0 Å². The van der Waals surface area contributed by atoms with Crippen molar-refractivity contribution in [3.63, 3.8) is 0 Å². The van der Waals surface area contributed by atoms with Crippen LogP contribution in [0.3, 0.4) is 0 Å². The first-order valence-electron chi connectivity index (χ1n) is 4.29. The number of nitriles is 1. The molecule has 0 aromatic rings. The van der Waals surface area contributed by atoms with Gasteiger partial charge in [-0.1, -0.05) is 13.7 Å². The second-order valence-electron chi connectivity index (χ2n) is 3.75. The van der Waals surface area contributed by atoms with E-state index in [1.54, 1.807) is 0 Å². The predicted molar refractivity (Wildman–Crippen MR) is 47.7 cm³/mol. The quantitative estimate of drug-likeness (QED) is 0.572. The molecule has 0 atom stereocenters. The average Bonchev–Trinajstić information content (AvgIpc) is 2.04. The third-order valence-electron chi connectivity index (χ3n) is 2.98. The highest BCUT2D eigenvalue weighted by Crippen LogP contribution is 2.38. The van der Waals surface area contributed by atoms with Crippen LogP contribution in [0.2, 0.25) is 12.1 Å². The van der Waals surface area contributed by atoms with Crippen molar-refractivity contribution in [2.24, 2.45) is 0 Å². The molecule has 11 heavy (non-hydrogen) atoms. The second-order valence-corrected chi connectivity index (χ2v) is 3.75. The van der Waals surface area contributed by atoms with Crippen LogP contribution in [0.5, 0.6) is 0 Å². The van der Waals surface area contributed by atoms with Crippen LogP contribution in [0.1, 0.15) is 19.8 Å². The molecule has 0 spiro atoms. The van der Waals surface area contributed by atoms with E-state index in [9.17, 15) is 0 Å². The molecule has 0 radical (unpaired) electrons. The summed E-state index contributed by atoms with van der Waals surface area (Å²) in [6.45, 7) is 6.60. The molecule has 1 rings (SSSR count). The summed E-state index contributed by atoms with van der Waals surface area (Å²) in [5.41, 5.74) is 0. The Morgan fingerprint density at radius 1 is 1.45 bits per heavy atom. The van der Waals surface area contributed by atoms with Crippen LogP contribution in [0, 0.1) is 11.2 Å². The van der Waals surface area contributed by atoms with Gasteiger partial charge < -0.3 is 5.32 Å². The van der Waals surface area contributed by atoms with Crippen molar-refractivity contribution in [1.82, 2.24) is 5.32 Å². The molecule has 0 bridgehead atoms. The molecular formula is C8H15BN2. The fraction of sp³-hybridized carbons (Fsp3) is 0.875. The van der Waals surface area contributed by atoms with Crippen LogP contribution < -0.4 is 5.32 Å². The molecule has 1 fully saturated rings. The van der Waals surface area contributed by atoms with Gasteiger partial charge in [-0.05, 0) is 31.2 Å². The molecule has 3 heteroatoms. The van der Waals surface area contributed by atoms with Crippen LogP contribution in [-0.4, -0.2) is 19.8 Å². The highest BCUT2D eigenvalue weighted by atomic mass is 14.9. The number of piperidine rings is 1. The molecule has 0 aromatic heterocycles. The van der Waals surface area contributed by atoms with Gasteiger partial charge in [0.2, 0.25) is 0 Å². The topological polar surface area (TPSA) is 35.8 Å². The summed E-state index contributed by atoms with van der Waals surface area (Å²) in [4.78, 5) is 0. The van der Waals surface area contributed by atoms with Crippen LogP contribution in [-0.2, 0) is 0 Å². The Balaban J connectivity index is 2.57. The maximum absolute atomic E-state index is 8.78. The molecule has 0 aliphatic carbocycles. The molecule has 0 aromatic carbocycles. The van der Waals surface area contributed by atoms with E-state index in [2.05, 4.69) is 18.2 Å². The van der Waals surface area contributed by atoms with Crippen molar-refractivity contribution in [1.29, 1.82) is 5.26 Å². The lowest BCUT2D eigenvalue weighted by atomic mass is 9.34. The van der Waals surface area contributed by atoms with Gasteiger partial charge in [-0.3, -0.25) is 0 Å². The summed E-state index contributed by atoms with van der Waals surface area (Å²) >= 11 is 0. The van der Waals surface area contributed by atoms with E-state index in [4.69, 9.17) is 5.26 Å². The Morgan fingerprint density at radius 2 is 2.00 bits per heavy atom. The summed E-state index contributed by atoms with van der Waals surface area (Å²) in [7, 11) is 0. The van der Waals surface area contributed by atoms with Crippen molar-refractivity contribution in [3.05, 3.63) is 0 Å². The highest BCUT2D eigenvalue weighted by molar-refractivity contribution is 6.68. The first-order valence-corrected chi connectivity index (χ1v) is 4.29. The van der Waals surface area contributed by atoms with Gasteiger partial charge in [-0.15, -0.1) is 0 Å². The van der Waals surface area contributed by atoms with Crippen LogP contribution >= 0.6 is 0 Å². The molecule has 2 nitrogen and oxygen atoms in total. The molecule has 60 valence electrons. The molecule has 0 saturated carbocycles. The first kappa shape index (κ1) is 8.61. The normalized spacial score (nSPS) is 22.3. The fourth-order valence-corrected chi connectivity index (χ4v) is 1.59. The number of nitrogens with zero attached hydrogens (tertiary/aromatic N) is 1. The second kappa shape index (κ2) is 3.27. The number of hydrogen-bond donors (Lipinski definition) is 1. The summed E-state index contributed by atoms with van der Waals surface area (Å²) in [6, 6.07) is 0. The minimum Gasteiger partial charge on any atom is -0.317 e. The van der Waals surface area contributed by atoms with E-state index < -0.39 is 0 Å². The van der Waals surface area contributed by atoms with Gasteiger partial charge in [0.1, 0.15) is 0 Å². The standard InChI is InChI=1S/C8H15BN2/c1-8(9(2)7-10)3-5-11-6-4-8/h11H,3-6H2,1-2H3. The third kappa shape index (κ3) is 1.75. The lowest BCUT2D eigenvalue weighted by Crippen LogP contribution is -2.38. The van der Waals surface area contributed by atoms with E-state index in [1.807, 2.05) is 6.82 Å². The van der Waals surface area contributed by atoms with Gasteiger partial charge in [0.15, 0.2) is 0 Å². The smallest absolute Gasteiger partial charge is 0.270 e. The van der Waals surface area contributed by atoms with E-state index >= 15 is 0 Å². The summed E-state index contributed by atoms with van der Waals surface area (Å²) < 4.78 is 0. The molecule has 1 saturated heterocycles. The van der Waals surface area contributed by atoms with E-state index in [-0.39, 0.29) is 12.0 Å². The van der Waals surface area contributed by atoms with E-state index in [0.29, 0.717) is 0 Å². The van der Waals surface area contributed by atoms with Crippen molar-refractivity contribution in [3.8, 4) is 5.97 Å². The molecule has 1 aliphatic rings. The van der Waals surface area contributed by atoms with Crippen molar-refractivity contribution >= 4 is 6.71 Å². The van der Waals surface area contributed by atoms with E-state index in [0.717, 1.165) is 25.9 Å². The van der Waals surface area contributed by atoms with E-state index in [1.165, 1.54) is 0 Å². The van der Waals surface area contributed by atoms with Gasteiger partial charge in [0.25, 0.3) is 6.71 Å². The zero-order valence-corrected chi connectivity index (χ0v) is 7.35. The minimum absolute atomic E-state index is 0.199. The molecule has 0 amide bonds. The largest absolute Gasteiger partial charge is 0.317 e. The van der Waals surface area contributed by atoms with Gasteiger partial charge in [0, 0.05) is 5.97 Å². The summed E-state index contributed by atoms with van der Waals surface area (Å²) in [5.74, 6) is 2.35. The Morgan fingerprint density at radius 3 is 2.45 bits per heavy atom. The molecular weight excluding hydrogens is 135 g/mol. The van der Waals surface area contributed by atoms with Crippen molar-refractivity contribution in [2.75, 3.05) is 13.1 Å². The summed E-state index contributed by atoms with van der Waals surface area (Å²) in [5, 5.41) is 12.4. The zero-order chi connectivity index (χ0) is 8.32. The van der Waals surface area contributed by atoms with Gasteiger partial charge in [0.05, 0.1) is 0 Å². The van der Waals surface area contributed by atoms with Crippen LogP contribution in [0.4, 0.5) is 0 Å². The predicted octanol–water partition coefficient (Wildman–Crippen LogP) is 1.32. The zero-order valence-electron chi connectivity index (χ0n) is 7.35. The first-order chi connectivity index (χ1) is 5.19. The van der Waals surface area contributed by atoms with Crippen molar-refractivity contribution in [2.45, 2.75) is 31.9 Å². The maximum Gasteiger partial charge on any atom is 0.270 e. The van der Waals surface area contributed by atoms with Gasteiger partial charge in [-0.25, -0.2) is 5.26 Å². The number of nitrogens with one attached hydrogen (secondary N) is 1. The summed E-state index contributed by atoms with van der Waals surface area (Å²) in [6.07, 6.45) is 2.28. The number of rotatable bonds is 1. The van der Waals surface area contributed by atoms with Crippen molar-refractivity contribution < 1.29 is 0 Å². The fourth-order valence-electron chi connectivity index (χ4n) is 1.59. The monoisotopic (exact) mass is 150 g/mol. The van der Waals surface area contributed by atoms with Crippen LogP contribution in [0.15, 0.2) is 0 Å². The lowest BCUT2D eigenvalue weighted by molar-refractivity contribution is 0.413. The Labute approximate surface area is 69.1 Å². The molecule has 1 N–H and O–H groups in total. The Bertz CT molecular complexity index is 167. The minimum atomic E-state index is 0.199. The van der Waals surface area contributed by atoms with Gasteiger partial charge in [-0.2, -0.15) is 0 Å².